The molecule has 1 aromatic heterocycles. The fraction of sp³-hybridized carbons (Fsp3) is 0.167. The van der Waals surface area contributed by atoms with Gasteiger partial charge in [0.1, 0.15) is 0 Å². The molecule has 0 atom stereocenters. The van der Waals surface area contributed by atoms with Crippen LogP contribution in [0, 0.1) is 0 Å². The first-order valence-electron chi connectivity index (χ1n) is 5.55. The lowest BCUT2D eigenvalue weighted by Gasteiger charge is -2.01. The first-order valence-corrected chi connectivity index (χ1v) is 7.44. The van der Waals surface area contributed by atoms with Crippen LogP contribution in [0.5, 0.6) is 0 Å². The summed E-state index contributed by atoms with van der Waals surface area (Å²) in [5.41, 5.74) is 1.38. The Labute approximate surface area is 111 Å². The van der Waals surface area contributed by atoms with Gasteiger partial charge in [0.05, 0.1) is 24.1 Å². The second kappa shape index (κ2) is 5.23. The van der Waals surface area contributed by atoms with Gasteiger partial charge < -0.3 is 0 Å². The summed E-state index contributed by atoms with van der Waals surface area (Å²) in [7, 11) is -3.52. The molecule has 0 aliphatic carbocycles. The van der Waals surface area contributed by atoms with Gasteiger partial charge >= 0.3 is 0 Å². The van der Waals surface area contributed by atoms with Crippen molar-refractivity contribution in [3.63, 3.8) is 0 Å². The maximum atomic E-state index is 11.4. The SMILES string of the molecule is CS(=O)(=O)NC(=O)Cc1ccn(-c2ccccc2)n1. The van der Waals surface area contributed by atoms with Crippen molar-refractivity contribution in [1.82, 2.24) is 14.5 Å². The van der Waals surface area contributed by atoms with Gasteiger partial charge in [-0.1, -0.05) is 18.2 Å². The molecule has 0 spiro atoms. The zero-order chi connectivity index (χ0) is 13.9. The molecule has 6 nitrogen and oxygen atoms in total. The van der Waals surface area contributed by atoms with Crippen LogP contribution in [0.1, 0.15) is 5.69 Å². The molecule has 2 aromatic rings. The Morgan fingerprint density at radius 3 is 2.58 bits per heavy atom. The maximum absolute atomic E-state index is 11.4. The molecule has 0 bridgehead atoms. The quantitative estimate of drug-likeness (QED) is 0.883. The van der Waals surface area contributed by atoms with Gasteiger partial charge in [0.2, 0.25) is 15.9 Å². The van der Waals surface area contributed by atoms with Crippen LogP contribution in [-0.4, -0.2) is 30.4 Å². The summed E-state index contributed by atoms with van der Waals surface area (Å²) in [5.74, 6) is -0.596. The number of benzene rings is 1. The van der Waals surface area contributed by atoms with Crippen LogP contribution in [0.15, 0.2) is 42.6 Å². The normalized spacial score (nSPS) is 11.2. The number of nitrogens with zero attached hydrogens (tertiary/aromatic N) is 2. The lowest BCUT2D eigenvalue weighted by Crippen LogP contribution is -2.30. The minimum Gasteiger partial charge on any atom is -0.274 e. The number of nitrogens with one attached hydrogen (secondary N) is 1. The monoisotopic (exact) mass is 279 g/mol. The Morgan fingerprint density at radius 1 is 1.26 bits per heavy atom. The largest absolute Gasteiger partial charge is 0.274 e. The van der Waals surface area contributed by atoms with Crippen molar-refractivity contribution < 1.29 is 13.2 Å². The molecule has 0 saturated carbocycles. The molecule has 1 amide bonds. The average molecular weight is 279 g/mol. The molecule has 7 heteroatoms. The maximum Gasteiger partial charge on any atom is 0.239 e. The van der Waals surface area contributed by atoms with Crippen LogP contribution in [0.3, 0.4) is 0 Å². The molecule has 100 valence electrons. The molecule has 1 aromatic carbocycles. The Morgan fingerprint density at radius 2 is 1.95 bits per heavy atom. The number of amides is 1. The van der Waals surface area contributed by atoms with E-state index in [2.05, 4.69) is 5.10 Å². The fourth-order valence-corrected chi connectivity index (χ4v) is 2.07. The number of carbonyl (C=O) groups is 1. The highest BCUT2D eigenvalue weighted by Gasteiger charge is 2.11. The van der Waals surface area contributed by atoms with Gasteiger partial charge in [-0.2, -0.15) is 5.10 Å². The third-order valence-electron chi connectivity index (χ3n) is 2.31. The van der Waals surface area contributed by atoms with E-state index in [0.29, 0.717) is 5.69 Å². The summed E-state index contributed by atoms with van der Waals surface area (Å²) in [5, 5.41) is 4.21. The van der Waals surface area contributed by atoms with Crippen molar-refractivity contribution in [1.29, 1.82) is 0 Å². The van der Waals surface area contributed by atoms with E-state index in [1.54, 1.807) is 16.9 Å². The number of sulfonamides is 1. The molecule has 1 heterocycles. The van der Waals surface area contributed by atoms with Crippen molar-refractivity contribution in [3.8, 4) is 5.69 Å². The zero-order valence-corrected chi connectivity index (χ0v) is 11.1. The van der Waals surface area contributed by atoms with E-state index in [0.717, 1.165) is 11.9 Å². The summed E-state index contributed by atoms with van der Waals surface area (Å²) in [4.78, 5) is 11.4. The first kappa shape index (κ1) is 13.3. The highest BCUT2D eigenvalue weighted by atomic mass is 32.2. The van der Waals surface area contributed by atoms with Crippen molar-refractivity contribution >= 4 is 15.9 Å². The third kappa shape index (κ3) is 3.92. The van der Waals surface area contributed by atoms with E-state index in [1.165, 1.54) is 0 Å². The molecule has 19 heavy (non-hydrogen) atoms. The van der Waals surface area contributed by atoms with Crippen LogP contribution in [0.2, 0.25) is 0 Å². The molecule has 0 saturated heterocycles. The number of hydrogen-bond acceptors (Lipinski definition) is 4. The van der Waals surface area contributed by atoms with Gasteiger partial charge in [0, 0.05) is 6.20 Å². The molecule has 0 aliphatic rings. The van der Waals surface area contributed by atoms with Gasteiger partial charge in [-0.3, -0.25) is 9.52 Å². The minimum absolute atomic E-state index is 0.0765. The van der Waals surface area contributed by atoms with Crippen LogP contribution in [0.25, 0.3) is 5.69 Å². The van der Waals surface area contributed by atoms with E-state index in [1.807, 2.05) is 35.1 Å². The predicted octanol–water partition coefficient (Wildman–Crippen LogP) is 0.491. The van der Waals surface area contributed by atoms with Crippen LogP contribution >= 0.6 is 0 Å². The van der Waals surface area contributed by atoms with Gasteiger partial charge in [-0.05, 0) is 18.2 Å². The van der Waals surface area contributed by atoms with Crippen LogP contribution in [-0.2, 0) is 21.2 Å². The number of para-hydroxylation sites is 1. The molecule has 0 unspecified atom stereocenters. The standard InChI is InChI=1S/C12H13N3O3S/c1-19(17,18)14-12(16)9-10-7-8-15(13-10)11-5-3-2-4-6-11/h2-8H,9H2,1H3,(H,14,16). The van der Waals surface area contributed by atoms with Crippen molar-refractivity contribution in [3.05, 3.63) is 48.3 Å². The molecule has 0 fully saturated rings. The fourth-order valence-electron chi connectivity index (χ4n) is 1.59. The lowest BCUT2D eigenvalue weighted by molar-refractivity contribution is -0.118. The summed E-state index contributed by atoms with van der Waals surface area (Å²) in [6.07, 6.45) is 2.58. The third-order valence-corrected chi connectivity index (χ3v) is 2.90. The predicted molar refractivity (Wildman–Crippen MR) is 70.3 cm³/mol. The molecule has 0 aliphatic heterocycles. The van der Waals surface area contributed by atoms with Gasteiger partial charge in [-0.25, -0.2) is 13.1 Å². The smallest absolute Gasteiger partial charge is 0.239 e. The molecular weight excluding hydrogens is 266 g/mol. The zero-order valence-electron chi connectivity index (χ0n) is 10.3. The second-order valence-electron chi connectivity index (χ2n) is 4.06. The average Bonchev–Trinajstić information content (AvgIpc) is 2.76. The Bertz CT molecular complexity index is 677. The van der Waals surface area contributed by atoms with E-state index in [9.17, 15) is 13.2 Å². The van der Waals surface area contributed by atoms with E-state index in [-0.39, 0.29) is 6.42 Å². The highest BCUT2D eigenvalue weighted by Crippen LogP contribution is 2.07. The van der Waals surface area contributed by atoms with Crippen LogP contribution < -0.4 is 4.72 Å². The van der Waals surface area contributed by atoms with Crippen molar-refractivity contribution in [2.45, 2.75) is 6.42 Å². The lowest BCUT2D eigenvalue weighted by atomic mass is 10.3. The van der Waals surface area contributed by atoms with Crippen molar-refractivity contribution in [2.24, 2.45) is 0 Å². The Balaban J connectivity index is 2.08. The molecule has 2 rings (SSSR count). The van der Waals surface area contributed by atoms with Crippen LogP contribution in [0.4, 0.5) is 0 Å². The number of hydrogen-bond donors (Lipinski definition) is 1. The highest BCUT2D eigenvalue weighted by molar-refractivity contribution is 7.89. The number of rotatable bonds is 4. The Kier molecular flexibility index (Phi) is 3.66. The van der Waals surface area contributed by atoms with Gasteiger partial charge in [0.15, 0.2) is 0 Å². The van der Waals surface area contributed by atoms with Crippen molar-refractivity contribution in [2.75, 3.05) is 6.26 Å². The van der Waals surface area contributed by atoms with E-state index >= 15 is 0 Å². The van der Waals surface area contributed by atoms with E-state index in [4.69, 9.17) is 0 Å². The molecular formula is C12H13N3O3S. The number of carbonyl (C=O) groups excluding carboxylic acids is 1. The minimum atomic E-state index is -3.52. The summed E-state index contributed by atoms with van der Waals surface area (Å²) in [6, 6.07) is 11.1. The summed E-state index contributed by atoms with van der Waals surface area (Å²) >= 11 is 0. The van der Waals surface area contributed by atoms with Gasteiger partial charge in [-0.15, -0.1) is 0 Å². The first-order chi connectivity index (χ1) is 8.94. The summed E-state index contributed by atoms with van der Waals surface area (Å²) in [6.45, 7) is 0. The second-order valence-corrected chi connectivity index (χ2v) is 5.81. The molecule has 0 radical (unpaired) electrons. The summed E-state index contributed by atoms with van der Waals surface area (Å²) < 4.78 is 25.3. The van der Waals surface area contributed by atoms with E-state index < -0.39 is 15.9 Å². The van der Waals surface area contributed by atoms with Gasteiger partial charge in [0.25, 0.3) is 0 Å². The Hall–Kier alpha value is -2.15. The topological polar surface area (TPSA) is 81.1 Å². The number of aromatic nitrogens is 2. The molecule has 1 N–H and O–H groups in total.